The fourth-order valence-electron chi connectivity index (χ4n) is 1.94. The van der Waals surface area contributed by atoms with Crippen molar-refractivity contribution in [3.05, 3.63) is 50.3 Å². The molecule has 0 spiro atoms. The number of hydrogen-bond donors (Lipinski definition) is 1. The maximum atomic E-state index is 6.02. The second kappa shape index (κ2) is 4.74. The molecule has 0 aliphatic heterocycles. The van der Waals surface area contributed by atoms with Gasteiger partial charge in [0.1, 0.15) is 0 Å². The van der Waals surface area contributed by atoms with Gasteiger partial charge in [-0.2, -0.15) is 0 Å². The fourth-order valence-corrected chi connectivity index (χ4v) is 2.73. The highest BCUT2D eigenvalue weighted by molar-refractivity contribution is 9.10. The minimum Gasteiger partial charge on any atom is -0.329 e. The molecule has 0 fully saturated rings. The number of nitrogens with one attached hydrogen (secondary N) is 1. The molecule has 96 valence electrons. The maximum Gasteiger partial charge on any atom is 0.183 e. The van der Waals surface area contributed by atoms with Crippen molar-refractivity contribution >= 4 is 50.9 Å². The van der Waals surface area contributed by atoms with Crippen LogP contribution in [0.25, 0.3) is 16.9 Å². The molecule has 0 bridgehead atoms. The van der Waals surface area contributed by atoms with Crippen LogP contribution in [0.1, 0.15) is 5.69 Å². The maximum absolute atomic E-state index is 6.02. The van der Waals surface area contributed by atoms with Crippen LogP contribution < -0.4 is 0 Å². The summed E-state index contributed by atoms with van der Waals surface area (Å²) in [6, 6.07) is 9.61. The molecule has 0 saturated heterocycles. The number of aryl methyl sites for hydroxylation is 1. The van der Waals surface area contributed by atoms with Crippen LogP contribution in [0.15, 0.2) is 34.8 Å². The third kappa shape index (κ3) is 2.22. The van der Waals surface area contributed by atoms with Gasteiger partial charge in [-0.05, 0) is 65.4 Å². The Morgan fingerprint density at radius 3 is 2.84 bits per heavy atom. The van der Waals surface area contributed by atoms with E-state index in [4.69, 9.17) is 23.8 Å². The van der Waals surface area contributed by atoms with Gasteiger partial charge in [-0.3, -0.25) is 4.57 Å². The topological polar surface area (TPSA) is 33.6 Å². The molecule has 0 unspecified atom stereocenters. The average molecular weight is 355 g/mol. The Bertz CT molecular complexity index is 838. The van der Waals surface area contributed by atoms with Gasteiger partial charge in [-0.1, -0.05) is 11.6 Å². The van der Waals surface area contributed by atoms with E-state index < -0.39 is 0 Å². The highest BCUT2D eigenvalue weighted by Crippen LogP contribution is 2.26. The number of aromatic nitrogens is 3. The molecule has 0 saturated carbocycles. The van der Waals surface area contributed by atoms with Crippen molar-refractivity contribution < 1.29 is 0 Å². The molecule has 2 heterocycles. The zero-order valence-electron chi connectivity index (χ0n) is 9.95. The summed E-state index contributed by atoms with van der Waals surface area (Å²) >= 11 is 14.8. The summed E-state index contributed by atoms with van der Waals surface area (Å²) in [4.78, 5) is 7.70. The summed E-state index contributed by atoms with van der Waals surface area (Å²) in [5, 5.41) is 0.666. The van der Waals surface area contributed by atoms with Crippen molar-refractivity contribution in [2.75, 3.05) is 0 Å². The van der Waals surface area contributed by atoms with Crippen LogP contribution in [-0.2, 0) is 0 Å². The second-order valence-corrected chi connectivity index (χ2v) is 5.84. The monoisotopic (exact) mass is 353 g/mol. The fraction of sp³-hybridized carbons (Fsp3) is 0.0769. The molecule has 0 radical (unpaired) electrons. The molecule has 3 rings (SSSR count). The van der Waals surface area contributed by atoms with E-state index in [9.17, 15) is 0 Å². The number of benzene rings is 1. The molecule has 2 aromatic heterocycles. The van der Waals surface area contributed by atoms with Crippen LogP contribution in [0.3, 0.4) is 0 Å². The number of fused-ring (bicyclic) bond motifs is 1. The van der Waals surface area contributed by atoms with Gasteiger partial charge in [0.25, 0.3) is 0 Å². The summed E-state index contributed by atoms with van der Waals surface area (Å²) in [7, 11) is 0. The van der Waals surface area contributed by atoms with E-state index in [2.05, 4.69) is 25.9 Å². The first-order valence-corrected chi connectivity index (χ1v) is 7.18. The van der Waals surface area contributed by atoms with E-state index in [0.29, 0.717) is 9.79 Å². The van der Waals surface area contributed by atoms with E-state index in [1.807, 2.05) is 41.8 Å². The zero-order valence-corrected chi connectivity index (χ0v) is 13.1. The van der Waals surface area contributed by atoms with Crippen molar-refractivity contribution in [3.63, 3.8) is 0 Å². The quantitative estimate of drug-likeness (QED) is 0.636. The Morgan fingerprint density at radius 2 is 2.11 bits per heavy atom. The van der Waals surface area contributed by atoms with Gasteiger partial charge in [0.05, 0.1) is 16.2 Å². The number of imidazole rings is 1. The summed E-state index contributed by atoms with van der Waals surface area (Å²) < 4.78 is 3.34. The van der Waals surface area contributed by atoms with E-state index in [0.717, 1.165) is 27.0 Å². The predicted molar refractivity (Wildman–Crippen MR) is 83.7 cm³/mol. The number of halogens is 2. The molecule has 1 aromatic carbocycles. The first-order valence-electron chi connectivity index (χ1n) is 5.60. The van der Waals surface area contributed by atoms with Crippen molar-refractivity contribution in [2.24, 2.45) is 0 Å². The van der Waals surface area contributed by atoms with Gasteiger partial charge >= 0.3 is 0 Å². The summed E-state index contributed by atoms with van der Waals surface area (Å²) in [6.07, 6.45) is 0. The molecule has 3 aromatic rings. The third-order valence-electron chi connectivity index (χ3n) is 2.83. The van der Waals surface area contributed by atoms with Crippen LogP contribution in [0, 0.1) is 11.7 Å². The first kappa shape index (κ1) is 12.8. The number of aromatic amines is 1. The lowest BCUT2D eigenvalue weighted by molar-refractivity contribution is 1.03. The van der Waals surface area contributed by atoms with Crippen LogP contribution in [0.5, 0.6) is 0 Å². The Hall–Kier alpha value is -1.17. The number of nitrogens with zero attached hydrogens (tertiary/aromatic N) is 2. The van der Waals surface area contributed by atoms with Gasteiger partial charge in [0.2, 0.25) is 0 Å². The predicted octanol–water partition coefficient (Wildman–Crippen LogP) is 4.81. The highest BCUT2D eigenvalue weighted by Gasteiger charge is 2.09. The average Bonchev–Trinajstić information content (AvgIpc) is 2.68. The molecule has 0 aliphatic rings. The SMILES string of the molecule is Cc1ccc2[nH]c(=S)n(-c3ccc(Cl)c(Br)c3)c2n1. The molecule has 1 N–H and O–H groups in total. The number of hydrogen-bond acceptors (Lipinski definition) is 2. The van der Waals surface area contributed by atoms with Crippen LogP contribution in [-0.4, -0.2) is 14.5 Å². The van der Waals surface area contributed by atoms with Crippen molar-refractivity contribution in [1.82, 2.24) is 14.5 Å². The Labute approximate surface area is 128 Å². The number of rotatable bonds is 1. The Kier molecular flexibility index (Phi) is 3.20. The van der Waals surface area contributed by atoms with E-state index in [1.54, 1.807) is 0 Å². The van der Waals surface area contributed by atoms with Crippen LogP contribution >= 0.6 is 39.7 Å². The first-order chi connectivity index (χ1) is 9.06. The van der Waals surface area contributed by atoms with Crippen molar-refractivity contribution in [2.45, 2.75) is 6.92 Å². The minimum atomic E-state index is 0.613. The highest BCUT2D eigenvalue weighted by atomic mass is 79.9. The lowest BCUT2D eigenvalue weighted by Crippen LogP contribution is -1.96. The van der Waals surface area contributed by atoms with Gasteiger partial charge in [0.15, 0.2) is 10.4 Å². The number of pyridine rings is 1. The lowest BCUT2D eigenvalue weighted by Gasteiger charge is -2.05. The molecule has 19 heavy (non-hydrogen) atoms. The molecular formula is C13H9BrClN3S. The van der Waals surface area contributed by atoms with Gasteiger partial charge in [-0.25, -0.2) is 4.98 Å². The number of H-pyrrole nitrogens is 1. The molecule has 0 atom stereocenters. The standard InChI is InChI=1S/C13H9BrClN3S/c1-7-2-5-11-12(16-7)18(13(19)17-11)8-3-4-10(15)9(14)6-8/h2-6H,1H3,(H,17,19). The molecule has 3 nitrogen and oxygen atoms in total. The minimum absolute atomic E-state index is 0.613. The molecule has 0 amide bonds. The van der Waals surface area contributed by atoms with Gasteiger partial charge in [-0.15, -0.1) is 0 Å². The van der Waals surface area contributed by atoms with Crippen LogP contribution in [0.2, 0.25) is 5.02 Å². The van der Waals surface area contributed by atoms with E-state index in [1.165, 1.54) is 0 Å². The van der Waals surface area contributed by atoms with Crippen molar-refractivity contribution in [1.29, 1.82) is 0 Å². The second-order valence-electron chi connectivity index (χ2n) is 4.19. The normalized spacial score (nSPS) is 11.1. The largest absolute Gasteiger partial charge is 0.329 e. The zero-order chi connectivity index (χ0) is 13.6. The lowest BCUT2D eigenvalue weighted by atomic mass is 10.3. The summed E-state index contributed by atoms with van der Waals surface area (Å²) in [6.45, 7) is 1.96. The van der Waals surface area contributed by atoms with Gasteiger partial charge in [0, 0.05) is 10.2 Å². The Balaban J connectivity index is 2.35. The molecule has 0 aliphatic carbocycles. The molecular weight excluding hydrogens is 346 g/mol. The van der Waals surface area contributed by atoms with E-state index in [-0.39, 0.29) is 0 Å². The summed E-state index contributed by atoms with van der Waals surface area (Å²) in [5.41, 5.74) is 3.61. The third-order valence-corrected chi connectivity index (χ3v) is 4.33. The van der Waals surface area contributed by atoms with Gasteiger partial charge < -0.3 is 4.98 Å². The van der Waals surface area contributed by atoms with Crippen LogP contribution in [0.4, 0.5) is 0 Å². The van der Waals surface area contributed by atoms with Crippen molar-refractivity contribution in [3.8, 4) is 5.69 Å². The smallest absolute Gasteiger partial charge is 0.183 e. The Morgan fingerprint density at radius 1 is 1.32 bits per heavy atom. The molecule has 6 heteroatoms. The summed E-state index contributed by atoms with van der Waals surface area (Å²) in [5.74, 6) is 0. The van der Waals surface area contributed by atoms with E-state index >= 15 is 0 Å².